The van der Waals surface area contributed by atoms with Gasteiger partial charge in [0.25, 0.3) is 5.91 Å². The number of likely N-dealkylation sites (N-methyl/N-ethyl adjacent to an activating group) is 1. The summed E-state index contributed by atoms with van der Waals surface area (Å²) in [5, 5.41) is 2.80. The lowest BCUT2D eigenvalue weighted by Gasteiger charge is -2.11. The predicted molar refractivity (Wildman–Crippen MR) is 107 cm³/mol. The van der Waals surface area contributed by atoms with Crippen LogP contribution in [0.1, 0.15) is 22.3 Å². The summed E-state index contributed by atoms with van der Waals surface area (Å²) in [6.07, 6.45) is 1.53. The maximum atomic E-state index is 12.4. The molecule has 2 aromatic rings. The average Bonchev–Trinajstić information content (AvgIpc) is 2.66. The van der Waals surface area contributed by atoms with Crippen molar-refractivity contribution in [2.75, 3.05) is 33.7 Å². The van der Waals surface area contributed by atoms with Gasteiger partial charge in [0.05, 0.1) is 4.90 Å². The molecule has 0 saturated heterocycles. The average molecular weight is 390 g/mol. The molecule has 27 heavy (non-hydrogen) atoms. The SMILES string of the molecule is CN(C)CCNC(=O)c1ccc(S(=O)(=O)NCCCc2ccccc2)cc1. The van der Waals surface area contributed by atoms with Crippen LogP contribution in [0.5, 0.6) is 0 Å². The minimum absolute atomic E-state index is 0.159. The van der Waals surface area contributed by atoms with Crippen molar-refractivity contribution in [3.8, 4) is 0 Å². The van der Waals surface area contributed by atoms with Crippen molar-refractivity contribution in [2.45, 2.75) is 17.7 Å². The van der Waals surface area contributed by atoms with Crippen molar-refractivity contribution < 1.29 is 13.2 Å². The van der Waals surface area contributed by atoms with Crippen LogP contribution in [0.3, 0.4) is 0 Å². The fraction of sp³-hybridized carbons (Fsp3) is 0.350. The van der Waals surface area contributed by atoms with Crippen LogP contribution in [-0.4, -0.2) is 53.0 Å². The summed E-state index contributed by atoms with van der Waals surface area (Å²) >= 11 is 0. The van der Waals surface area contributed by atoms with Gasteiger partial charge in [-0.05, 0) is 56.8 Å². The van der Waals surface area contributed by atoms with Gasteiger partial charge in [-0.2, -0.15) is 0 Å². The van der Waals surface area contributed by atoms with Gasteiger partial charge in [-0.3, -0.25) is 4.79 Å². The van der Waals surface area contributed by atoms with E-state index in [9.17, 15) is 13.2 Å². The number of rotatable bonds is 10. The third kappa shape index (κ3) is 7.13. The van der Waals surface area contributed by atoms with Gasteiger partial charge < -0.3 is 10.2 Å². The summed E-state index contributed by atoms with van der Waals surface area (Å²) in [7, 11) is 0.285. The number of carbonyl (C=O) groups excluding carboxylic acids is 1. The third-order valence-electron chi connectivity index (χ3n) is 4.05. The summed E-state index contributed by atoms with van der Waals surface area (Å²) < 4.78 is 27.3. The van der Waals surface area contributed by atoms with Gasteiger partial charge >= 0.3 is 0 Å². The van der Waals surface area contributed by atoms with Gasteiger partial charge in [0.1, 0.15) is 0 Å². The molecule has 0 heterocycles. The molecule has 0 bridgehead atoms. The second kappa shape index (κ2) is 10.2. The maximum Gasteiger partial charge on any atom is 0.251 e. The molecule has 0 aromatic heterocycles. The van der Waals surface area contributed by atoms with Crippen molar-refractivity contribution in [1.29, 1.82) is 0 Å². The molecule has 0 fully saturated rings. The van der Waals surface area contributed by atoms with E-state index in [1.54, 1.807) is 0 Å². The number of nitrogens with one attached hydrogen (secondary N) is 2. The molecular weight excluding hydrogens is 362 g/mol. The van der Waals surface area contributed by atoms with Crippen molar-refractivity contribution in [1.82, 2.24) is 14.9 Å². The van der Waals surface area contributed by atoms with E-state index >= 15 is 0 Å². The molecule has 0 spiro atoms. The monoisotopic (exact) mass is 389 g/mol. The smallest absolute Gasteiger partial charge is 0.251 e. The van der Waals surface area contributed by atoms with Crippen LogP contribution in [0.25, 0.3) is 0 Å². The fourth-order valence-electron chi connectivity index (χ4n) is 2.51. The zero-order valence-corrected chi connectivity index (χ0v) is 16.6. The van der Waals surface area contributed by atoms with Gasteiger partial charge in [0.15, 0.2) is 0 Å². The normalized spacial score (nSPS) is 11.5. The molecule has 0 aliphatic rings. The van der Waals surface area contributed by atoms with Gasteiger partial charge in [-0.25, -0.2) is 13.1 Å². The largest absolute Gasteiger partial charge is 0.351 e. The lowest BCUT2D eigenvalue weighted by Crippen LogP contribution is -2.31. The zero-order valence-electron chi connectivity index (χ0n) is 15.8. The fourth-order valence-corrected chi connectivity index (χ4v) is 3.58. The minimum atomic E-state index is -3.57. The highest BCUT2D eigenvalue weighted by Crippen LogP contribution is 2.11. The molecule has 2 rings (SSSR count). The predicted octanol–water partition coefficient (Wildman–Crippen LogP) is 1.89. The van der Waals surface area contributed by atoms with Crippen molar-refractivity contribution >= 4 is 15.9 Å². The molecule has 6 nitrogen and oxygen atoms in total. The van der Waals surface area contributed by atoms with Crippen molar-refractivity contribution in [3.05, 3.63) is 65.7 Å². The van der Waals surface area contributed by atoms with Crippen molar-refractivity contribution in [2.24, 2.45) is 0 Å². The number of amides is 1. The number of carbonyl (C=O) groups is 1. The van der Waals surface area contributed by atoms with Crippen LogP contribution >= 0.6 is 0 Å². The Hall–Kier alpha value is -2.22. The number of benzene rings is 2. The first kappa shape index (κ1) is 21.1. The minimum Gasteiger partial charge on any atom is -0.351 e. The summed E-state index contributed by atoms with van der Waals surface area (Å²) in [5.74, 6) is -0.211. The number of hydrogen-bond acceptors (Lipinski definition) is 4. The topological polar surface area (TPSA) is 78.5 Å². The Labute approximate surface area is 161 Å². The highest BCUT2D eigenvalue weighted by molar-refractivity contribution is 7.89. The third-order valence-corrected chi connectivity index (χ3v) is 5.53. The Bertz CT molecular complexity index is 819. The van der Waals surface area contributed by atoms with E-state index in [1.807, 2.05) is 49.3 Å². The van der Waals surface area contributed by atoms with Crippen LogP contribution in [0, 0.1) is 0 Å². The molecule has 0 atom stereocenters. The number of hydrogen-bond donors (Lipinski definition) is 2. The van der Waals surface area contributed by atoms with E-state index in [2.05, 4.69) is 10.0 Å². The Morgan fingerprint density at radius 3 is 2.26 bits per heavy atom. The second-order valence-corrected chi connectivity index (χ2v) is 8.34. The Morgan fingerprint density at radius 1 is 0.963 bits per heavy atom. The lowest BCUT2D eigenvalue weighted by molar-refractivity contribution is 0.0951. The molecule has 0 saturated carbocycles. The van der Waals surface area contributed by atoms with Gasteiger partial charge in [-0.15, -0.1) is 0 Å². The lowest BCUT2D eigenvalue weighted by atomic mass is 10.1. The second-order valence-electron chi connectivity index (χ2n) is 6.57. The maximum absolute atomic E-state index is 12.4. The molecule has 0 aliphatic carbocycles. The molecule has 1 amide bonds. The van der Waals surface area contributed by atoms with Gasteiger partial charge in [0.2, 0.25) is 10.0 Å². The highest BCUT2D eigenvalue weighted by Gasteiger charge is 2.14. The van der Waals surface area contributed by atoms with Crippen LogP contribution < -0.4 is 10.0 Å². The molecule has 2 aromatic carbocycles. The van der Waals surface area contributed by atoms with E-state index in [1.165, 1.54) is 29.8 Å². The van der Waals surface area contributed by atoms with E-state index in [4.69, 9.17) is 0 Å². The standard InChI is InChI=1S/C20H27N3O3S/c1-23(2)16-15-21-20(24)18-10-12-19(13-11-18)27(25,26)22-14-6-9-17-7-4-3-5-8-17/h3-5,7-8,10-13,22H,6,9,14-16H2,1-2H3,(H,21,24). The summed E-state index contributed by atoms with van der Waals surface area (Å²) in [5.41, 5.74) is 1.62. The first-order valence-electron chi connectivity index (χ1n) is 8.95. The summed E-state index contributed by atoms with van der Waals surface area (Å²) in [4.78, 5) is 14.2. The quantitative estimate of drug-likeness (QED) is 0.608. The Kier molecular flexibility index (Phi) is 7.97. The Morgan fingerprint density at radius 2 is 1.63 bits per heavy atom. The zero-order chi connectivity index (χ0) is 19.7. The first-order valence-corrected chi connectivity index (χ1v) is 10.4. The highest BCUT2D eigenvalue weighted by atomic mass is 32.2. The van der Waals surface area contributed by atoms with E-state index < -0.39 is 10.0 Å². The number of aryl methyl sites for hydroxylation is 1. The molecule has 0 aliphatic heterocycles. The molecule has 146 valence electrons. The number of nitrogens with zero attached hydrogens (tertiary/aromatic N) is 1. The molecular formula is C20H27N3O3S. The van der Waals surface area contributed by atoms with Crippen LogP contribution in [0.4, 0.5) is 0 Å². The first-order chi connectivity index (χ1) is 12.9. The summed E-state index contributed by atoms with van der Waals surface area (Å²) in [6, 6.07) is 15.9. The van der Waals surface area contributed by atoms with Crippen LogP contribution in [0.2, 0.25) is 0 Å². The van der Waals surface area contributed by atoms with Gasteiger partial charge in [-0.1, -0.05) is 30.3 Å². The number of sulfonamides is 1. The molecule has 0 unspecified atom stereocenters. The van der Waals surface area contributed by atoms with E-state index in [0.29, 0.717) is 18.7 Å². The van der Waals surface area contributed by atoms with Gasteiger partial charge in [0, 0.05) is 25.2 Å². The Balaban J connectivity index is 1.84. The molecule has 0 radical (unpaired) electrons. The summed E-state index contributed by atoms with van der Waals surface area (Å²) in [6.45, 7) is 1.64. The van der Waals surface area contributed by atoms with E-state index in [-0.39, 0.29) is 10.8 Å². The van der Waals surface area contributed by atoms with Crippen LogP contribution in [0.15, 0.2) is 59.5 Å². The van der Waals surface area contributed by atoms with Crippen molar-refractivity contribution in [3.63, 3.8) is 0 Å². The molecule has 7 heteroatoms. The van der Waals surface area contributed by atoms with E-state index in [0.717, 1.165) is 19.4 Å². The van der Waals surface area contributed by atoms with Crippen LogP contribution in [-0.2, 0) is 16.4 Å². The molecule has 2 N–H and O–H groups in total.